The molecule has 0 saturated heterocycles. The fourth-order valence-corrected chi connectivity index (χ4v) is 2.71. The largest absolute Gasteiger partial charge is 0.493 e. The Morgan fingerprint density at radius 2 is 1.77 bits per heavy atom. The molecule has 0 aliphatic heterocycles. The van der Waals surface area contributed by atoms with E-state index < -0.39 is 5.97 Å². The molecule has 0 radical (unpaired) electrons. The molecule has 0 unspecified atom stereocenters. The van der Waals surface area contributed by atoms with Crippen LogP contribution in [-0.2, 0) is 0 Å². The molecule has 0 heterocycles. The number of amides is 1. The zero-order chi connectivity index (χ0) is 21.5. The van der Waals surface area contributed by atoms with Crippen molar-refractivity contribution in [3.8, 4) is 11.5 Å². The van der Waals surface area contributed by atoms with Crippen molar-refractivity contribution in [3.05, 3.63) is 88.4 Å². The average Bonchev–Trinajstić information content (AvgIpc) is 2.75. The third kappa shape index (κ3) is 5.15. The van der Waals surface area contributed by atoms with E-state index in [1.165, 1.54) is 13.3 Å². The molecule has 0 aliphatic rings. The van der Waals surface area contributed by atoms with E-state index in [0.717, 1.165) is 0 Å². The third-order valence-corrected chi connectivity index (χ3v) is 4.37. The minimum Gasteiger partial charge on any atom is -0.493 e. The number of methoxy groups -OCH3 is 1. The Balaban J connectivity index is 1.68. The van der Waals surface area contributed by atoms with Crippen LogP contribution in [0, 0.1) is 0 Å². The maximum atomic E-state index is 12.3. The summed E-state index contributed by atoms with van der Waals surface area (Å²) in [6.07, 6.45) is 1.44. The quantitative estimate of drug-likeness (QED) is 0.206. The number of nitrogens with zero attached hydrogens (tertiary/aromatic N) is 1. The van der Waals surface area contributed by atoms with E-state index in [-0.39, 0.29) is 17.2 Å². The lowest BCUT2D eigenvalue weighted by molar-refractivity contribution is 0.0729. The number of hydrogen-bond acceptors (Lipinski definition) is 6. The van der Waals surface area contributed by atoms with Crippen molar-refractivity contribution in [1.82, 2.24) is 5.43 Å². The highest BCUT2D eigenvalue weighted by Gasteiger charge is 2.15. The van der Waals surface area contributed by atoms with Gasteiger partial charge in [0.2, 0.25) is 0 Å². The van der Waals surface area contributed by atoms with Crippen molar-refractivity contribution in [1.29, 1.82) is 0 Å². The van der Waals surface area contributed by atoms with Gasteiger partial charge in [0, 0.05) is 11.3 Å². The van der Waals surface area contributed by atoms with Crippen LogP contribution < -0.4 is 20.6 Å². The Bertz CT molecular complexity index is 1100. The topological polar surface area (TPSA) is 103 Å². The molecule has 3 aromatic rings. The van der Waals surface area contributed by atoms with Gasteiger partial charge in [-0.25, -0.2) is 10.2 Å². The number of nitrogens with one attached hydrogen (secondary N) is 1. The van der Waals surface area contributed by atoms with Crippen LogP contribution in [0.15, 0.2) is 71.8 Å². The molecule has 3 aromatic carbocycles. The number of carbonyl (C=O) groups excluding carboxylic acids is 2. The number of halogens is 1. The molecular formula is C22H18ClN3O4. The van der Waals surface area contributed by atoms with Crippen LogP contribution in [0.25, 0.3) is 0 Å². The Labute approximate surface area is 178 Å². The van der Waals surface area contributed by atoms with Gasteiger partial charge < -0.3 is 15.2 Å². The minimum absolute atomic E-state index is 0.227. The van der Waals surface area contributed by atoms with Crippen molar-refractivity contribution in [2.24, 2.45) is 5.10 Å². The van der Waals surface area contributed by atoms with E-state index in [2.05, 4.69) is 10.5 Å². The second kappa shape index (κ2) is 9.58. The smallest absolute Gasteiger partial charge is 0.345 e. The van der Waals surface area contributed by atoms with Gasteiger partial charge in [-0.1, -0.05) is 23.7 Å². The van der Waals surface area contributed by atoms with Gasteiger partial charge in [0.05, 0.1) is 23.9 Å². The maximum Gasteiger partial charge on any atom is 0.345 e. The number of hydrogen-bond donors (Lipinski definition) is 2. The summed E-state index contributed by atoms with van der Waals surface area (Å²) in [4.78, 5) is 24.4. The molecule has 0 aliphatic carbocycles. The molecule has 7 nitrogen and oxygen atoms in total. The predicted octanol–water partition coefficient (Wildman–Crippen LogP) is 3.91. The van der Waals surface area contributed by atoms with E-state index in [9.17, 15) is 9.59 Å². The summed E-state index contributed by atoms with van der Waals surface area (Å²) in [5, 5.41) is 4.22. The first-order valence-corrected chi connectivity index (χ1v) is 9.19. The molecule has 30 heavy (non-hydrogen) atoms. The van der Waals surface area contributed by atoms with Crippen molar-refractivity contribution >= 4 is 35.4 Å². The van der Waals surface area contributed by atoms with Gasteiger partial charge in [0.15, 0.2) is 11.5 Å². The van der Waals surface area contributed by atoms with Crippen LogP contribution in [-0.4, -0.2) is 25.2 Å². The van der Waals surface area contributed by atoms with Gasteiger partial charge >= 0.3 is 5.97 Å². The van der Waals surface area contributed by atoms with Crippen LogP contribution in [0.4, 0.5) is 5.69 Å². The van der Waals surface area contributed by atoms with Crippen LogP contribution in [0.3, 0.4) is 0 Å². The standard InChI is InChI=1S/C22H18ClN3O4/c1-29-20-12-14(13-25-26-21(27)15-7-9-16(24)10-8-15)6-11-19(20)30-22(28)17-4-2-3-5-18(17)23/h2-13H,24H2,1H3,(H,26,27). The summed E-state index contributed by atoms with van der Waals surface area (Å²) >= 11 is 6.03. The molecule has 3 N–H and O–H groups in total. The first-order chi connectivity index (χ1) is 14.5. The van der Waals surface area contributed by atoms with Gasteiger partial charge in [-0.3, -0.25) is 4.79 Å². The SMILES string of the molecule is COc1cc(C=NNC(=O)c2ccc(N)cc2)ccc1OC(=O)c1ccccc1Cl. The second-order valence-electron chi connectivity index (χ2n) is 6.10. The highest BCUT2D eigenvalue weighted by atomic mass is 35.5. The first-order valence-electron chi connectivity index (χ1n) is 8.81. The second-order valence-corrected chi connectivity index (χ2v) is 6.51. The van der Waals surface area contributed by atoms with Crippen LogP contribution in [0.2, 0.25) is 5.02 Å². The lowest BCUT2D eigenvalue weighted by Gasteiger charge is -2.10. The molecule has 0 atom stereocenters. The fraction of sp³-hybridized carbons (Fsp3) is 0.0455. The number of carbonyl (C=O) groups is 2. The molecule has 0 aromatic heterocycles. The Morgan fingerprint density at radius 1 is 1.03 bits per heavy atom. The summed E-state index contributed by atoms with van der Waals surface area (Å²) in [6, 6.07) is 17.9. The molecular weight excluding hydrogens is 406 g/mol. The molecule has 3 rings (SSSR count). The number of nitrogen functional groups attached to an aromatic ring is 1. The predicted molar refractivity (Wildman–Crippen MR) is 115 cm³/mol. The van der Waals surface area contributed by atoms with Gasteiger partial charge in [0.1, 0.15) is 0 Å². The first kappa shape index (κ1) is 20.9. The third-order valence-electron chi connectivity index (χ3n) is 4.04. The zero-order valence-corrected chi connectivity index (χ0v) is 16.7. The average molecular weight is 424 g/mol. The fourth-order valence-electron chi connectivity index (χ4n) is 2.49. The summed E-state index contributed by atoms with van der Waals surface area (Å²) in [5.41, 5.74) is 9.90. The lowest BCUT2D eigenvalue weighted by Crippen LogP contribution is -2.17. The van der Waals surface area contributed by atoms with Crippen molar-refractivity contribution < 1.29 is 19.1 Å². The van der Waals surface area contributed by atoms with Gasteiger partial charge in [0.25, 0.3) is 5.91 Å². The van der Waals surface area contributed by atoms with E-state index in [4.69, 9.17) is 26.8 Å². The van der Waals surface area contributed by atoms with E-state index >= 15 is 0 Å². The highest BCUT2D eigenvalue weighted by molar-refractivity contribution is 6.33. The lowest BCUT2D eigenvalue weighted by atomic mass is 10.2. The zero-order valence-electron chi connectivity index (χ0n) is 16.0. The number of esters is 1. The van der Waals surface area contributed by atoms with Crippen LogP contribution in [0.5, 0.6) is 11.5 Å². The Morgan fingerprint density at radius 3 is 2.47 bits per heavy atom. The summed E-state index contributed by atoms with van der Waals surface area (Å²) in [5.74, 6) is -0.422. The Hall–Kier alpha value is -3.84. The molecule has 0 saturated carbocycles. The van der Waals surface area contributed by atoms with Crippen LogP contribution in [0.1, 0.15) is 26.3 Å². The minimum atomic E-state index is -0.601. The maximum absolute atomic E-state index is 12.3. The number of rotatable bonds is 6. The molecule has 0 spiro atoms. The van der Waals surface area contributed by atoms with E-state index in [0.29, 0.717) is 27.6 Å². The molecule has 0 bridgehead atoms. The summed E-state index contributed by atoms with van der Waals surface area (Å²) < 4.78 is 10.7. The van der Waals surface area contributed by atoms with Crippen molar-refractivity contribution in [2.75, 3.05) is 12.8 Å². The van der Waals surface area contributed by atoms with Crippen molar-refractivity contribution in [2.45, 2.75) is 0 Å². The molecule has 8 heteroatoms. The van der Waals surface area contributed by atoms with E-state index in [1.54, 1.807) is 66.7 Å². The Kier molecular flexibility index (Phi) is 6.67. The number of ether oxygens (including phenoxy) is 2. The molecule has 1 amide bonds. The number of benzene rings is 3. The van der Waals surface area contributed by atoms with Gasteiger partial charge in [-0.05, 0) is 60.2 Å². The van der Waals surface area contributed by atoms with Crippen LogP contribution >= 0.6 is 11.6 Å². The molecule has 0 fully saturated rings. The monoisotopic (exact) mass is 423 g/mol. The van der Waals surface area contributed by atoms with Gasteiger partial charge in [-0.15, -0.1) is 0 Å². The molecule has 152 valence electrons. The number of hydrazone groups is 1. The summed E-state index contributed by atoms with van der Waals surface area (Å²) in [7, 11) is 1.45. The highest BCUT2D eigenvalue weighted by Crippen LogP contribution is 2.29. The number of anilines is 1. The normalized spacial score (nSPS) is 10.6. The van der Waals surface area contributed by atoms with Crippen molar-refractivity contribution in [3.63, 3.8) is 0 Å². The summed E-state index contributed by atoms with van der Waals surface area (Å²) in [6.45, 7) is 0. The van der Waals surface area contributed by atoms with Gasteiger partial charge in [-0.2, -0.15) is 5.10 Å². The van der Waals surface area contributed by atoms with E-state index in [1.807, 2.05) is 0 Å². The number of nitrogens with two attached hydrogens (primary N) is 1.